The predicted molar refractivity (Wildman–Crippen MR) is 109 cm³/mol. The van der Waals surface area contributed by atoms with Gasteiger partial charge in [0, 0.05) is 18.6 Å². The molecule has 0 radical (unpaired) electrons. The molecule has 1 amide bonds. The number of oxime groups is 1. The number of amides is 1. The molecule has 0 aliphatic heterocycles. The van der Waals surface area contributed by atoms with E-state index >= 15 is 0 Å². The molecule has 1 aromatic carbocycles. The highest BCUT2D eigenvalue weighted by molar-refractivity contribution is 7.90. The molecule has 3 rings (SSSR count). The smallest absolute Gasteiger partial charge is 0.233 e. The molecule has 1 fully saturated rings. The number of nitrogens with zero attached hydrogens (tertiary/aromatic N) is 3. The molecule has 0 bridgehead atoms. The minimum atomic E-state index is -3.47. The maximum atomic E-state index is 13.0. The summed E-state index contributed by atoms with van der Waals surface area (Å²) in [5, 5.41) is 15.1. The molecular formula is C19H21ClN4O4S. The highest BCUT2D eigenvalue weighted by Crippen LogP contribution is 2.35. The second kappa shape index (κ2) is 8.87. The van der Waals surface area contributed by atoms with Gasteiger partial charge in [-0.3, -0.25) is 9.78 Å². The average Bonchev–Trinajstić information content (AvgIpc) is 3.13. The van der Waals surface area contributed by atoms with Gasteiger partial charge in [-0.1, -0.05) is 22.8 Å². The van der Waals surface area contributed by atoms with Gasteiger partial charge in [-0.15, -0.1) is 0 Å². The molecule has 1 aliphatic rings. The van der Waals surface area contributed by atoms with Crippen LogP contribution in [0.1, 0.15) is 37.2 Å². The van der Waals surface area contributed by atoms with Crippen LogP contribution in [0.2, 0.25) is 5.02 Å². The molecule has 1 heterocycles. The van der Waals surface area contributed by atoms with Gasteiger partial charge in [0.15, 0.2) is 15.7 Å². The summed E-state index contributed by atoms with van der Waals surface area (Å²) in [5.74, 6) is -0.383. The zero-order valence-electron chi connectivity index (χ0n) is 15.7. The van der Waals surface area contributed by atoms with Gasteiger partial charge in [0.25, 0.3) is 0 Å². The standard InChI is InChI=1S/C19H21ClN4O4S/c1-29(27,28)17-5-3-13(10-16(17)20)15(9-12-2-4-14(8-12)24-26)19(25)23-18-11-21-6-7-22-18/h3,5-7,10-12,15,26H,2,4,8-9H2,1H3,(H,22,23,25). The van der Waals surface area contributed by atoms with Crippen LogP contribution in [0, 0.1) is 5.92 Å². The van der Waals surface area contributed by atoms with Crippen LogP contribution in [0.15, 0.2) is 46.8 Å². The first kappa shape index (κ1) is 21.2. The normalized spacial score (nSPS) is 19.2. The summed E-state index contributed by atoms with van der Waals surface area (Å²) >= 11 is 6.20. The first-order valence-corrected chi connectivity index (χ1v) is 11.3. The monoisotopic (exact) mass is 436 g/mol. The van der Waals surface area contributed by atoms with Gasteiger partial charge in [-0.05, 0) is 49.3 Å². The van der Waals surface area contributed by atoms with Gasteiger partial charge < -0.3 is 10.5 Å². The molecule has 29 heavy (non-hydrogen) atoms. The lowest BCUT2D eigenvalue weighted by Crippen LogP contribution is -2.24. The Morgan fingerprint density at radius 3 is 2.79 bits per heavy atom. The van der Waals surface area contributed by atoms with Gasteiger partial charge in [-0.25, -0.2) is 13.4 Å². The average molecular weight is 437 g/mol. The van der Waals surface area contributed by atoms with Crippen molar-refractivity contribution in [3.05, 3.63) is 47.4 Å². The van der Waals surface area contributed by atoms with E-state index in [1.807, 2.05) is 0 Å². The largest absolute Gasteiger partial charge is 0.411 e. The Hall–Kier alpha value is -2.52. The number of anilines is 1. The molecule has 10 heteroatoms. The lowest BCUT2D eigenvalue weighted by molar-refractivity contribution is -0.118. The van der Waals surface area contributed by atoms with E-state index in [9.17, 15) is 13.2 Å². The Bertz CT molecular complexity index is 1030. The molecule has 1 aromatic heterocycles. The van der Waals surface area contributed by atoms with E-state index in [-0.39, 0.29) is 21.7 Å². The molecule has 8 nitrogen and oxygen atoms in total. The van der Waals surface area contributed by atoms with Gasteiger partial charge in [-0.2, -0.15) is 0 Å². The zero-order chi connectivity index (χ0) is 21.0. The summed E-state index contributed by atoms with van der Waals surface area (Å²) in [4.78, 5) is 21.0. The van der Waals surface area contributed by atoms with Crippen molar-refractivity contribution in [3.63, 3.8) is 0 Å². The van der Waals surface area contributed by atoms with E-state index < -0.39 is 15.8 Å². The number of benzene rings is 1. The fourth-order valence-electron chi connectivity index (χ4n) is 3.54. The van der Waals surface area contributed by atoms with E-state index in [2.05, 4.69) is 20.4 Å². The van der Waals surface area contributed by atoms with Crippen LogP contribution < -0.4 is 5.32 Å². The molecule has 1 aliphatic carbocycles. The number of carbonyl (C=O) groups is 1. The van der Waals surface area contributed by atoms with Crippen molar-refractivity contribution in [2.45, 2.75) is 36.5 Å². The SMILES string of the molecule is CS(=O)(=O)c1ccc(C(CC2CCC(=NO)C2)C(=O)Nc2cnccn2)cc1Cl. The topological polar surface area (TPSA) is 122 Å². The number of hydrogen-bond donors (Lipinski definition) is 2. The van der Waals surface area contributed by atoms with E-state index in [0.29, 0.717) is 36.4 Å². The fourth-order valence-corrected chi connectivity index (χ4v) is 4.88. The van der Waals surface area contributed by atoms with Crippen LogP contribution in [0.4, 0.5) is 5.82 Å². The molecule has 2 aromatic rings. The molecule has 2 unspecified atom stereocenters. The van der Waals surface area contributed by atoms with E-state index in [1.54, 1.807) is 6.07 Å². The maximum Gasteiger partial charge on any atom is 0.233 e. The first-order valence-electron chi connectivity index (χ1n) is 9.04. The molecule has 0 spiro atoms. The summed E-state index contributed by atoms with van der Waals surface area (Å²) in [5.41, 5.74) is 1.33. The summed E-state index contributed by atoms with van der Waals surface area (Å²) in [6.45, 7) is 0. The summed E-state index contributed by atoms with van der Waals surface area (Å²) in [6, 6.07) is 4.55. The Morgan fingerprint density at radius 1 is 1.41 bits per heavy atom. The number of carbonyl (C=O) groups excluding carboxylic acids is 1. The van der Waals surface area contributed by atoms with Gasteiger partial charge in [0.05, 0.1) is 27.7 Å². The van der Waals surface area contributed by atoms with Crippen molar-refractivity contribution in [3.8, 4) is 0 Å². The number of halogens is 1. The van der Waals surface area contributed by atoms with Crippen LogP contribution in [0.3, 0.4) is 0 Å². The van der Waals surface area contributed by atoms with Crippen molar-refractivity contribution in [1.82, 2.24) is 9.97 Å². The third-order valence-electron chi connectivity index (χ3n) is 4.96. The molecule has 2 N–H and O–H groups in total. The van der Waals surface area contributed by atoms with Crippen molar-refractivity contribution < 1.29 is 18.4 Å². The highest BCUT2D eigenvalue weighted by Gasteiger charge is 2.30. The molecule has 154 valence electrons. The van der Waals surface area contributed by atoms with Gasteiger partial charge in [0.1, 0.15) is 0 Å². The van der Waals surface area contributed by atoms with Gasteiger partial charge >= 0.3 is 0 Å². The van der Waals surface area contributed by atoms with Crippen molar-refractivity contribution in [1.29, 1.82) is 0 Å². The van der Waals surface area contributed by atoms with Crippen LogP contribution in [0.5, 0.6) is 0 Å². The minimum absolute atomic E-state index is 0.0200. The lowest BCUT2D eigenvalue weighted by atomic mass is 9.87. The van der Waals surface area contributed by atoms with E-state index in [4.69, 9.17) is 16.8 Å². The molecule has 2 atom stereocenters. The predicted octanol–water partition coefficient (Wildman–Crippen LogP) is 3.28. The Kier molecular flexibility index (Phi) is 6.49. The number of nitrogens with one attached hydrogen (secondary N) is 1. The summed E-state index contributed by atoms with van der Waals surface area (Å²) in [7, 11) is -3.47. The van der Waals surface area contributed by atoms with E-state index in [1.165, 1.54) is 30.7 Å². The third-order valence-corrected chi connectivity index (χ3v) is 6.54. The van der Waals surface area contributed by atoms with Gasteiger partial charge in [0.2, 0.25) is 5.91 Å². The minimum Gasteiger partial charge on any atom is -0.411 e. The second-order valence-corrected chi connectivity index (χ2v) is 9.50. The number of rotatable bonds is 6. The summed E-state index contributed by atoms with van der Waals surface area (Å²) < 4.78 is 23.7. The second-order valence-electron chi connectivity index (χ2n) is 7.11. The van der Waals surface area contributed by atoms with Crippen molar-refractivity contribution in [2.75, 3.05) is 11.6 Å². The van der Waals surface area contributed by atoms with Crippen molar-refractivity contribution >= 4 is 38.9 Å². The zero-order valence-corrected chi connectivity index (χ0v) is 17.3. The number of hydrogen-bond acceptors (Lipinski definition) is 7. The Balaban J connectivity index is 1.89. The number of sulfone groups is 1. The number of aromatic nitrogens is 2. The Morgan fingerprint density at radius 2 is 2.21 bits per heavy atom. The maximum absolute atomic E-state index is 13.0. The molecular weight excluding hydrogens is 416 g/mol. The van der Waals surface area contributed by atoms with Crippen LogP contribution in [-0.4, -0.2) is 41.5 Å². The first-order chi connectivity index (χ1) is 13.8. The molecule has 1 saturated carbocycles. The highest BCUT2D eigenvalue weighted by atomic mass is 35.5. The lowest BCUT2D eigenvalue weighted by Gasteiger charge is -2.21. The van der Waals surface area contributed by atoms with Crippen LogP contribution in [0.25, 0.3) is 0 Å². The Labute approximate surface area is 173 Å². The fraction of sp³-hybridized carbons (Fsp3) is 0.368. The molecule has 0 saturated heterocycles. The van der Waals surface area contributed by atoms with Crippen LogP contribution in [-0.2, 0) is 14.6 Å². The van der Waals surface area contributed by atoms with E-state index in [0.717, 1.165) is 12.7 Å². The third kappa shape index (κ3) is 5.30. The van der Waals surface area contributed by atoms with Crippen LogP contribution >= 0.6 is 11.6 Å². The summed E-state index contributed by atoms with van der Waals surface area (Å²) in [6.07, 6.45) is 8.12. The van der Waals surface area contributed by atoms with Crippen molar-refractivity contribution in [2.24, 2.45) is 11.1 Å². The quantitative estimate of drug-likeness (QED) is 0.529.